The van der Waals surface area contributed by atoms with Crippen LogP contribution in [0.15, 0.2) is 40.9 Å². The summed E-state index contributed by atoms with van der Waals surface area (Å²) in [5, 5.41) is 10.7. The smallest absolute Gasteiger partial charge is 0.269 e. The lowest BCUT2D eigenvalue weighted by molar-refractivity contribution is -0.384. The highest BCUT2D eigenvalue weighted by molar-refractivity contribution is 9.10. The Morgan fingerprint density at radius 1 is 1.25 bits per heavy atom. The first-order chi connectivity index (χ1) is 9.51. The molecule has 0 amide bonds. The van der Waals surface area contributed by atoms with Crippen molar-refractivity contribution in [2.45, 2.75) is 12.8 Å². The first kappa shape index (κ1) is 14.8. The molecule has 20 heavy (non-hydrogen) atoms. The van der Waals surface area contributed by atoms with E-state index in [0.29, 0.717) is 22.9 Å². The predicted molar refractivity (Wildman–Crippen MR) is 81.6 cm³/mol. The van der Waals surface area contributed by atoms with E-state index in [0.717, 1.165) is 10.0 Å². The van der Waals surface area contributed by atoms with Gasteiger partial charge in [-0.1, -0.05) is 22.0 Å². The predicted octanol–water partition coefficient (Wildman–Crippen LogP) is 5.20. The number of hydrogen-bond donors (Lipinski definition) is 0. The molecule has 0 saturated heterocycles. The quantitative estimate of drug-likeness (QED) is 0.430. The molecule has 0 fully saturated rings. The molecule has 4 nitrogen and oxygen atoms in total. The summed E-state index contributed by atoms with van der Waals surface area (Å²) in [5.74, 6) is 1.53. The molecule has 0 aliphatic heterocycles. The Kier molecular flexibility index (Phi) is 4.62. The van der Waals surface area contributed by atoms with Gasteiger partial charge in [0.1, 0.15) is 11.5 Å². The van der Waals surface area contributed by atoms with Crippen LogP contribution in [0.1, 0.15) is 11.1 Å². The monoisotopic (exact) mass is 355 g/mol. The van der Waals surface area contributed by atoms with Crippen LogP contribution < -0.4 is 4.74 Å². The van der Waals surface area contributed by atoms with Crippen molar-refractivity contribution >= 4 is 33.2 Å². The average molecular weight is 357 g/mol. The van der Waals surface area contributed by atoms with E-state index in [1.165, 1.54) is 12.1 Å². The van der Waals surface area contributed by atoms with Gasteiger partial charge in [-0.25, -0.2) is 0 Å². The topological polar surface area (TPSA) is 52.4 Å². The van der Waals surface area contributed by atoms with Gasteiger partial charge in [0.15, 0.2) is 0 Å². The van der Waals surface area contributed by atoms with E-state index in [1.54, 1.807) is 13.0 Å². The molecule has 0 aromatic heterocycles. The molecule has 2 aromatic carbocycles. The van der Waals surface area contributed by atoms with Crippen molar-refractivity contribution in [3.63, 3.8) is 0 Å². The van der Waals surface area contributed by atoms with Crippen molar-refractivity contribution in [1.82, 2.24) is 0 Å². The van der Waals surface area contributed by atoms with Crippen LogP contribution in [0.25, 0.3) is 0 Å². The molecular formula is C14H11BrClNO3. The molecule has 0 aliphatic rings. The maximum absolute atomic E-state index is 10.7. The Morgan fingerprint density at radius 3 is 2.60 bits per heavy atom. The third-order valence-electron chi connectivity index (χ3n) is 2.76. The summed E-state index contributed by atoms with van der Waals surface area (Å²) in [4.78, 5) is 10.3. The van der Waals surface area contributed by atoms with Gasteiger partial charge in [-0.3, -0.25) is 10.1 Å². The highest BCUT2D eigenvalue weighted by Crippen LogP contribution is 2.32. The lowest BCUT2D eigenvalue weighted by Gasteiger charge is -2.12. The zero-order valence-corrected chi connectivity index (χ0v) is 12.9. The lowest BCUT2D eigenvalue weighted by atomic mass is 10.2. The minimum atomic E-state index is -0.430. The average Bonchev–Trinajstić information content (AvgIpc) is 2.41. The van der Waals surface area contributed by atoms with Crippen LogP contribution >= 0.6 is 27.5 Å². The van der Waals surface area contributed by atoms with Crippen molar-refractivity contribution in [1.29, 1.82) is 0 Å². The van der Waals surface area contributed by atoms with E-state index in [-0.39, 0.29) is 5.69 Å². The number of non-ortho nitro benzene ring substituents is 1. The fourth-order valence-corrected chi connectivity index (χ4v) is 2.27. The van der Waals surface area contributed by atoms with E-state index < -0.39 is 4.92 Å². The molecule has 0 radical (unpaired) electrons. The summed E-state index contributed by atoms with van der Waals surface area (Å²) in [6.07, 6.45) is 0. The molecule has 0 saturated carbocycles. The van der Waals surface area contributed by atoms with Gasteiger partial charge in [-0.15, -0.1) is 11.6 Å². The Labute approximate surface area is 129 Å². The number of alkyl halides is 1. The number of aryl methyl sites for hydroxylation is 1. The summed E-state index contributed by atoms with van der Waals surface area (Å²) >= 11 is 9.25. The Balaban J connectivity index is 2.35. The Morgan fingerprint density at radius 2 is 2.00 bits per heavy atom. The van der Waals surface area contributed by atoms with E-state index in [4.69, 9.17) is 16.3 Å². The van der Waals surface area contributed by atoms with Crippen LogP contribution in [0.5, 0.6) is 11.5 Å². The van der Waals surface area contributed by atoms with Crippen molar-refractivity contribution in [3.8, 4) is 11.5 Å². The molecule has 0 aliphatic carbocycles. The fraction of sp³-hybridized carbons (Fsp3) is 0.143. The molecule has 0 unspecified atom stereocenters. The zero-order chi connectivity index (χ0) is 14.7. The number of nitrogens with zero attached hydrogens (tertiary/aromatic N) is 1. The maximum Gasteiger partial charge on any atom is 0.269 e. The minimum Gasteiger partial charge on any atom is -0.457 e. The number of ether oxygens (including phenoxy) is 1. The molecule has 0 bridgehead atoms. The van der Waals surface area contributed by atoms with Gasteiger partial charge in [0.05, 0.1) is 10.8 Å². The summed E-state index contributed by atoms with van der Waals surface area (Å²) in [5.41, 5.74) is 1.59. The molecule has 104 valence electrons. The fourth-order valence-electron chi connectivity index (χ4n) is 1.71. The number of nitro benzene ring substituents is 1. The van der Waals surface area contributed by atoms with Gasteiger partial charge in [-0.05, 0) is 30.7 Å². The van der Waals surface area contributed by atoms with Crippen molar-refractivity contribution in [3.05, 3.63) is 62.1 Å². The number of rotatable bonds is 4. The van der Waals surface area contributed by atoms with E-state index in [2.05, 4.69) is 15.9 Å². The Bertz CT molecular complexity index is 661. The second-order valence-electron chi connectivity index (χ2n) is 4.19. The summed E-state index contributed by atoms with van der Waals surface area (Å²) in [6.45, 7) is 1.76. The Hall–Kier alpha value is -1.59. The molecule has 2 aromatic rings. The second kappa shape index (κ2) is 6.24. The van der Waals surface area contributed by atoms with Crippen LogP contribution in [0.2, 0.25) is 0 Å². The van der Waals surface area contributed by atoms with E-state index in [9.17, 15) is 10.1 Å². The number of hydrogen-bond acceptors (Lipinski definition) is 3. The first-order valence-corrected chi connectivity index (χ1v) is 7.11. The molecule has 0 heterocycles. The van der Waals surface area contributed by atoms with Gasteiger partial charge in [-0.2, -0.15) is 0 Å². The minimum absolute atomic E-state index is 0.0432. The lowest BCUT2D eigenvalue weighted by Crippen LogP contribution is -1.94. The normalized spacial score (nSPS) is 10.3. The SMILES string of the molecule is Cc1cc([N+](=O)[O-])ccc1Oc1cc(Br)ccc1CCl. The third kappa shape index (κ3) is 3.29. The van der Waals surface area contributed by atoms with Crippen LogP contribution in [-0.4, -0.2) is 4.92 Å². The van der Waals surface area contributed by atoms with Gasteiger partial charge in [0.2, 0.25) is 0 Å². The van der Waals surface area contributed by atoms with Crippen molar-refractivity contribution < 1.29 is 9.66 Å². The van der Waals surface area contributed by atoms with Gasteiger partial charge in [0.25, 0.3) is 5.69 Å². The van der Waals surface area contributed by atoms with Crippen LogP contribution in [0.3, 0.4) is 0 Å². The maximum atomic E-state index is 10.7. The standard InChI is InChI=1S/C14H11BrClNO3/c1-9-6-12(17(18)19)4-5-13(9)20-14-7-11(15)3-2-10(14)8-16/h2-7H,8H2,1H3. The van der Waals surface area contributed by atoms with Crippen LogP contribution in [0, 0.1) is 17.0 Å². The molecule has 0 N–H and O–H groups in total. The first-order valence-electron chi connectivity index (χ1n) is 5.78. The highest BCUT2D eigenvalue weighted by atomic mass is 79.9. The van der Waals surface area contributed by atoms with E-state index in [1.807, 2.05) is 18.2 Å². The molecular weight excluding hydrogens is 346 g/mol. The van der Waals surface area contributed by atoms with Crippen LogP contribution in [0.4, 0.5) is 5.69 Å². The molecule has 0 atom stereocenters. The summed E-state index contributed by atoms with van der Waals surface area (Å²) in [6, 6.07) is 10.1. The summed E-state index contributed by atoms with van der Waals surface area (Å²) in [7, 11) is 0. The number of benzene rings is 2. The largest absolute Gasteiger partial charge is 0.457 e. The van der Waals surface area contributed by atoms with Gasteiger partial charge >= 0.3 is 0 Å². The molecule has 2 rings (SSSR count). The molecule has 0 spiro atoms. The third-order valence-corrected chi connectivity index (χ3v) is 3.54. The van der Waals surface area contributed by atoms with E-state index >= 15 is 0 Å². The van der Waals surface area contributed by atoms with Crippen molar-refractivity contribution in [2.24, 2.45) is 0 Å². The number of nitro groups is 1. The van der Waals surface area contributed by atoms with Crippen LogP contribution in [-0.2, 0) is 5.88 Å². The zero-order valence-electron chi connectivity index (χ0n) is 10.6. The van der Waals surface area contributed by atoms with Crippen molar-refractivity contribution in [2.75, 3.05) is 0 Å². The van der Waals surface area contributed by atoms with Gasteiger partial charge < -0.3 is 4.74 Å². The molecule has 6 heteroatoms. The highest BCUT2D eigenvalue weighted by Gasteiger charge is 2.11. The second-order valence-corrected chi connectivity index (χ2v) is 5.38. The summed E-state index contributed by atoms with van der Waals surface area (Å²) < 4.78 is 6.69. The number of halogens is 2. The van der Waals surface area contributed by atoms with Gasteiger partial charge in [0, 0.05) is 22.2 Å².